The van der Waals surface area contributed by atoms with E-state index in [1.165, 1.54) is 7.05 Å². The number of amides is 1. The van der Waals surface area contributed by atoms with Crippen molar-refractivity contribution in [2.75, 3.05) is 6.54 Å². The van der Waals surface area contributed by atoms with Crippen molar-refractivity contribution in [2.45, 2.75) is 19.8 Å². The van der Waals surface area contributed by atoms with Crippen molar-refractivity contribution in [1.82, 2.24) is 15.1 Å². The molecule has 7 heteroatoms. The maximum atomic E-state index is 12.4. The first-order valence-electron chi connectivity index (χ1n) is 7.43. The molecule has 0 aliphatic heterocycles. The summed E-state index contributed by atoms with van der Waals surface area (Å²) in [6.45, 7) is 3.24. The molecule has 0 radical (unpaired) electrons. The fourth-order valence-electron chi connectivity index (χ4n) is 2.43. The Morgan fingerprint density at radius 3 is 2.46 bits per heavy atom. The molecule has 0 spiro atoms. The van der Waals surface area contributed by atoms with Crippen LogP contribution in [0.1, 0.15) is 33.1 Å². The summed E-state index contributed by atoms with van der Waals surface area (Å²) >= 11 is 0. The summed E-state index contributed by atoms with van der Waals surface area (Å²) in [6.07, 6.45) is 0. The van der Waals surface area contributed by atoms with Crippen molar-refractivity contribution in [2.24, 2.45) is 7.05 Å². The normalized spacial score (nSPS) is 11.8. The lowest BCUT2D eigenvalue weighted by atomic mass is 9.99. The van der Waals surface area contributed by atoms with Gasteiger partial charge in [0.05, 0.1) is 11.6 Å². The van der Waals surface area contributed by atoms with Crippen LogP contribution in [-0.2, 0) is 11.8 Å². The van der Waals surface area contributed by atoms with Crippen molar-refractivity contribution in [3.05, 3.63) is 63.1 Å². The van der Waals surface area contributed by atoms with Crippen LogP contribution in [0.15, 0.2) is 35.1 Å². The molecular formula is C17H19N3O4. The molecule has 0 saturated heterocycles. The van der Waals surface area contributed by atoms with Gasteiger partial charge in [0.1, 0.15) is 5.56 Å². The maximum Gasteiger partial charge on any atom is 0.312 e. The van der Waals surface area contributed by atoms with Gasteiger partial charge in [0.2, 0.25) is 0 Å². The Kier molecular flexibility index (Phi) is 5.13. The SMILES string of the molecule is Cc1nn(C)c(=O)c(C(=O)NCC(C(=O)O)c2ccccc2)c1C. The lowest BCUT2D eigenvalue weighted by Gasteiger charge is -2.15. The van der Waals surface area contributed by atoms with Gasteiger partial charge >= 0.3 is 5.97 Å². The van der Waals surface area contributed by atoms with E-state index in [1.54, 1.807) is 44.2 Å². The van der Waals surface area contributed by atoms with E-state index in [9.17, 15) is 19.5 Å². The molecule has 1 heterocycles. The average Bonchev–Trinajstić information content (AvgIpc) is 2.54. The van der Waals surface area contributed by atoms with E-state index < -0.39 is 23.4 Å². The zero-order valence-electron chi connectivity index (χ0n) is 13.7. The molecular weight excluding hydrogens is 310 g/mol. The number of nitrogens with zero attached hydrogens (tertiary/aromatic N) is 2. The molecule has 0 bridgehead atoms. The van der Waals surface area contributed by atoms with E-state index >= 15 is 0 Å². The van der Waals surface area contributed by atoms with Crippen LogP contribution in [0.4, 0.5) is 0 Å². The summed E-state index contributed by atoms with van der Waals surface area (Å²) < 4.78 is 1.10. The monoisotopic (exact) mass is 329 g/mol. The summed E-state index contributed by atoms with van der Waals surface area (Å²) in [7, 11) is 1.47. The number of hydrogen-bond donors (Lipinski definition) is 2. The molecule has 1 atom stereocenters. The first-order valence-corrected chi connectivity index (χ1v) is 7.43. The molecule has 7 nitrogen and oxygen atoms in total. The maximum absolute atomic E-state index is 12.4. The zero-order chi connectivity index (χ0) is 17.9. The predicted molar refractivity (Wildman–Crippen MR) is 88.1 cm³/mol. The second-order valence-corrected chi connectivity index (χ2v) is 5.53. The third kappa shape index (κ3) is 3.51. The number of aromatic nitrogens is 2. The van der Waals surface area contributed by atoms with Crippen molar-refractivity contribution in [1.29, 1.82) is 0 Å². The molecule has 2 aromatic rings. The second kappa shape index (κ2) is 7.08. The van der Waals surface area contributed by atoms with Gasteiger partial charge in [-0.05, 0) is 25.0 Å². The number of rotatable bonds is 5. The van der Waals surface area contributed by atoms with Crippen LogP contribution in [0, 0.1) is 13.8 Å². The molecule has 0 fully saturated rings. The highest BCUT2D eigenvalue weighted by atomic mass is 16.4. The fraction of sp³-hybridized carbons (Fsp3) is 0.294. The standard InChI is InChI=1S/C17H19N3O4/c1-10-11(2)19-20(3)16(22)14(10)15(21)18-9-13(17(23)24)12-7-5-4-6-8-12/h4-8,13H,9H2,1-3H3,(H,18,21)(H,23,24). The molecule has 1 amide bonds. The quantitative estimate of drug-likeness (QED) is 0.852. The molecule has 0 saturated carbocycles. The largest absolute Gasteiger partial charge is 0.481 e. The number of carboxylic acids is 1. The Morgan fingerprint density at radius 2 is 1.88 bits per heavy atom. The van der Waals surface area contributed by atoms with Gasteiger partial charge in [-0.15, -0.1) is 0 Å². The minimum absolute atomic E-state index is 0.0119. The molecule has 126 valence electrons. The lowest BCUT2D eigenvalue weighted by molar-refractivity contribution is -0.138. The Morgan fingerprint density at radius 1 is 1.25 bits per heavy atom. The number of benzene rings is 1. The molecule has 1 aromatic heterocycles. The van der Waals surface area contributed by atoms with Gasteiger partial charge in [0.15, 0.2) is 0 Å². The smallest absolute Gasteiger partial charge is 0.312 e. The highest BCUT2D eigenvalue weighted by Gasteiger charge is 2.23. The van der Waals surface area contributed by atoms with Gasteiger partial charge in [-0.2, -0.15) is 5.10 Å². The van der Waals surface area contributed by atoms with Gasteiger partial charge in [-0.1, -0.05) is 30.3 Å². The molecule has 1 unspecified atom stereocenters. The first-order chi connectivity index (χ1) is 11.3. The van der Waals surface area contributed by atoms with Crippen LogP contribution in [-0.4, -0.2) is 33.3 Å². The van der Waals surface area contributed by atoms with Gasteiger partial charge in [-0.25, -0.2) is 4.68 Å². The third-order valence-corrected chi connectivity index (χ3v) is 3.92. The Balaban J connectivity index is 2.24. The summed E-state index contributed by atoms with van der Waals surface area (Å²) in [5.74, 6) is -2.53. The van der Waals surface area contributed by atoms with Crippen molar-refractivity contribution in [3.63, 3.8) is 0 Å². The highest BCUT2D eigenvalue weighted by Crippen LogP contribution is 2.15. The first kappa shape index (κ1) is 17.4. The summed E-state index contributed by atoms with van der Waals surface area (Å²) in [5, 5.41) is 16.0. The van der Waals surface area contributed by atoms with E-state index in [-0.39, 0.29) is 12.1 Å². The van der Waals surface area contributed by atoms with Gasteiger partial charge < -0.3 is 10.4 Å². The van der Waals surface area contributed by atoms with Crippen LogP contribution >= 0.6 is 0 Å². The summed E-state index contributed by atoms with van der Waals surface area (Å²) in [6, 6.07) is 8.63. The molecule has 0 aliphatic rings. The van der Waals surface area contributed by atoms with Crippen molar-refractivity contribution >= 4 is 11.9 Å². The van der Waals surface area contributed by atoms with Crippen molar-refractivity contribution in [3.8, 4) is 0 Å². The van der Waals surface area contributed by atoms with Crippen molar-refractivity contribution < 1.29 is 14.7 Å². The zero-order valence-corrected chi connectivity index (χ0v) is 13.7. The fourth-order valence-corrected chi connectivity index (χ4v) is 2.43. The van der Waals surface area contributed by atoms with Crippen LogP contribution in [0.2, 0.25) is 0 Å². The lowest BCUT2D eigenvalue weighted by Crippen LogP contribution is -2.37. The van der Waals surface area contributed by atoms with Crippen LogP contribution in [0.5, 0.6) is 0 Å². The minimum atomic E-state index is -1.04. The van der Waals surface area contributed by atoms with E-state index in [1.807, 2.05) is 0 Å². The molecule has 24 heavy (non-hydrogen) atoms. The van der Waals surface area contributed by atoms with Gasteiger partial charge in [-0.3, -0.25) is 14.4 Å². The Hall–Kier alpha value is -2.96. The summed E-state index contributed by atoms with van der Waals surface area (Å²) in [5.41, 5.74) is 1.12. The minimum Gasteiger partial charge on any atom is -0.481 e. The topological polar surface area (TPSA) is 101 Å². The number of carbonyl (C=O) groups excluding carboxylic acids is 1. The van der Waals surface area contributed by atoms with E-state index in [0.717, 1.165) is 4.68 Å². The number of aliphatic carboxylic acids is 1. The van der Waals surface area contributed by atoms with E-state index in [2.05, 4.69) is 10.4 Å². The molecule has 2 rings (SSSR count). The van der Waals surface area contributed by atoms with Gasteiger partial charge in [0.25, 0.3) is 11.5 Å². The van der Waals surface area contributed by atoms with Gasteiger partial charge in [0, 0.05) is 13.6 Å². The number of nitrogens with one attached hydrogen (secondary N) is 1. The number of carboxylic acid groups (broad SMARTS) is 1. The number of hydrogen-bond acceptors (Lipinski definition) is 4. The highest BCUT2D eigenvalue weighted by molar-refractivity contribution is 5.95. The molecule has 2 N–H and O–H groups in total. The Labute approximate surface area is 138 Å². The van der Waals surface area contributed by atoms with Crippen LogP contribution in [0.3, 0.4) is 0 Å². The van der Waals surface area contributed by atoms with E-state index in [4.69, 9.17) is 0 Å². The predicted octanol–water partition coefficient (Wildman–Crippen LogP) is 0.995. The average molecular weight is 329 g/mol. The number of aryl methyl sites for hydroxylation is 2. The second-order valence-electron chi connectivity index (χ2n) is 5.53. The Bertz CT molecular complexity index is 828. The molecule has 1 aromatic carbocycles. The number of carbonyl (C=O) groups is 2. The van der Waals surface area contributed by atoms with Crippen LogP contribution in [0.25, 0.3) is 0 Å². The van der Waals surface area contributed by atoms with E-state index in [0.29, 0.717) is 16.8 Å². The molecule has 0 aliphatic carbocycles. The van der Waals surface area contributed by atoms with Crippen LogP contribution < -0.4 is 10.9 Å². The third-order valence-electron chi connectivity index (χ3n) is 3.92. The summed E-state index contributed by atoms with van der Waals surface area (Å²) in [4.78, 5) is 36.0.